The quantitative estimate of drug-likeness (QED) is 0.502. The number of anilines is 1. The predicted molar refractivity (Wildman–Crippen MR) is 106 cm³/mol. The van der Waals surface area contributed by atoms with Gasteiger partial charge < -0.3 is 15.0 Å². The molecule has 30 heavy (non-hydrogen) atoms. The third kappa shape index (κ3) is 3.93. The van der Waals surface area contributed by atoms with E-state index in [9.17, 15) is 13.6 Å². The summed E-state index contributed by atoms with van der Waals surface area (Å²) in [5, 5.41) is 2.64. The van der Waals surface area contributed by atoms with Crippen LogP contribution in [0.5, 0.6) is 5.88 Å². The zero-order valence-corrected chi connectivity index (χ0v) is 15.8. The fourth-order valence-electron chi connectivity index (χ4n) is 3.04. The zero-order chi connectivity index (χ0) is 21.1. The van der Waals surface area contributed by atoms with E-state index in [0.29, 0.717) is 39.4 Å². The minimum atomic E-state index is -2.64. The number of halogens is 2. The van der Waals surface area contributed by atoms with Crippen LogP contribution in [0.25, 0.3) is 33.5 Å². The van der Waals surface area contributed by atoms with Gasteiger partial charge in [0.1, 0.15) is 23.2 Å². The molecule has 0 saturated heterocycles. The van der Waals surface area contributed by atoms with Crippen LogP contribution in [-0.4, -0.2) is 43.9 Å². The Morgan fingerprint density at radius 2 is 2.03 bits per heavy atom. The van der Waals surface area contributed by atoms with Gasteiger partial charge in [0.2, 0.25) is 11.8 Å². The number of ether oxygens (including phenoxy) is 1. The molecule has 0 aliphatic heterocycles. The second kappa shape index (κ2) is 8.19. The lowest BCUT2D eigenvalue weighted by molar-refractivity contribution is -0.114. The highest BCUT2D eigenvalue weighted by atomic mass is 19.3. The average molecular weight is 410 g/mol. The minimum absolute atomic E-state index is 0.0138. The molecule has 0 spiro atoms. The maximum absolute atomic E-state index is 12.7. The van der Waals surface area contributed by atoms with Crippen LogP contribution in [0.3, 0.4) is 0 Å². The first kappa shape index (κ1) is 19.4. The molecule has 152 valence electrons. The van der Waals surface area contributed by atoms with Crippen molar-refractivity contribution in [1.29, 1.82) is 0 Å². The fraction of sp³-hybridized carbons (Fsp3) is 0.150. The van der Waals surface area contributed by atoms with Crippen LogP contribution in [-0.2, 0) is 4.79 Å². The van der Waals surface area contributed by atoms with E-state index >= 15 is 0 Å². The lowest BCUT2D eigenvalue weighted by Gasteiger charge is -2.06. The third-order valence-electron chi connectivity index (χ3n) is 4.17. The van der Waals surface area contributed by atoms with Crippen LogP contribution >= 0.6 is 0 Å². The van der Waals surface area contributed by atoms with Crippen molar-refractivity contribution in [2.24, 2.45) is 0 Å². The van der Waals surface area contributed by atoms with Crippen molar-refractivity contribution in [3.63, 3.8) is 0 Å². The lowest BCUT2D eigenvalue weighted by Crippen LogP contribution is -2.08. The van der Waals surface area contributed by atoms with Crippen molar-refractivity contribution < 1.29 is 18.3 Å². The number of carbonyl (C=O) groups is 1. The van der Waals surface area contributed by atoms with Gasteiger partial charge in [-0.15, -0.1) is 0 Å². The molecule has 1 amide bonds. The normalized spacial score (nSPS) is 11.1. The second-order valence-electron chi connectivity index (χ2n) is 6.31. The summed E-state index contributed by atoms with van der Waals surface area (Å²) >= 11 is 0. The first-order valence-electron chi connectivity index (χ1n) is 8.96. The molecule has 0 aromatic carbocycles. The summed E-state index contributed by atoms with van der Waals surface area (Å²) in [6.45, 7) is 0.597. The zero-order valence-electron chi connectivity index (χ0n) is 15.8. The number of H-pyrrole nitrogens is 1. The molecule has 0 saturated carbocycles. The van der Waals surface area contributed by atoms with Gasteiger partial charge in [-0.25, -0.2) is 18.7 Å². The Balaban J connectivity index is 1.92. The molecule has 0 aliphatic rings. The smallest absolute Gasteiger partial charge is 0.272 e. The Hall–Kier alpha value is -3.95. The molecule has 0 aliphatic carbocycles. The van der Waals surface area contributed by atoms with Crippen LogP contribution in [0.1, 0.15) is 6.92 Å². The maximum atomic E-state index is 12.7. The lowest BCUT2D eigenvalue weighted by atomic mass is 10.1. The average Bonchev–Trinajstić information content (AvgIpc) is 3.13. The number of carbonyl (C=O) groups excluding carboxylic acids is 1. The van der Waals surface area contributed by atoms with E-state index in [4.69, 9.17) is 4.74 Å². The summed E-state index contributed by atoms with van der Waals surface area (Å²) in [4.78, 5) is 31.4. The fourth-order valence-corrected chi connectivity index (χ4v) is 3.04. The molecule has 4 aromatic rings. The monoisotopic (exact) mass is 410 g/mol. The first-order chi connectivity index (χ1) is 14.5. The van der Waals surface area contributed by atoms with Crippen LogP contribution in [0.4, 0.5) is 14.6 Å². The van der Waals surface area contributed by atoms with E-state index in [2.05, 4.69) is 30.2 Å². The number of aromatic nitrogens is 5. The summed E-state index contributed by atoms with van der Waals surface area (Å²) in [6, 6.07) is 8.85. The molecule has 4 aromatic heterocycles. The number of nitrogens with zero attached hydrogens (tertiary/aromatic N) is 4. The van der Waals surface area contributed by atoms with Crippen molar-refractivity contribution >= 4 is 22.8 Å². The Kier molecular flexibility index (Phi) is 5.29. The van der Waals surface area contributed by atoms with Gasteiger partial charge in [-0.1, -0.05) is 6.07 Å². The standard InChI is InChI=1S/C20H16F2N6O2/c1-11(29)27-15-8-12(5-7-24-15)17-16(13-4-2-3-6-23-13)18-19(28-17)20(26-10-25-18)30-9-14(21)22/h2-8,10,14,28H,9H2,1H3,(H,24,27,29). The largest absolute Gasteiger partial charge is 0.470 e. The molecular formula is C20H16F2N6O2. The van der Waals surface area contributed by atoms with Gasteiger partial charge in [-0.3, -0.25) is 9.78 Å². The van der Waals surface area contributed by atoms with Crippen molar-refractivity contribution in [2.45, 2.75) is 13.3 Å². The van der Waals surface area contributed by atoms with Crippen LogP contribution in [0, 0.1) is 0 Å². The highest BCUT2D eigenvalue weighted by Crippen LogP contribution is 2.38. The molecule has 0 radical (unpaired) electrons. The number of alkyl halides is 2. The van der Waals surface area contributed by atoms with Crippen molar-refractivity contribution in [3.05, 3.63) is 49.1 Å². The van der Waals surface area contributed by atoms with Crippen LogP contribution in [0.2, 0.25) is 0 Å². The Morgan fingerprint density at radius 3 is 2.77 bits per heavy atom. The van der Waals surface area contributed by atoms with Gasteiger partial charge >= 0.3 is 0 Å². The number of hydrogen-bond acceptors (Lipinski definition) is 6. The van der Waals surface area contributed by atoms with E-state index in [-0.39, 0.29) is 11.8 Å². The Morgan fingerprint density at radius 1 is 1.17 bits per heavy atom. The summed E-state index contributed by atoms with van der Waals surface area (Å²) in [7, 11) is 0. The van der Waals surface area contributed by atoms with Crippen molar-refractivity contribution in [1.82, 2.24) is 24.9 Å². The van der Waals surface area contributed by atoms with Crippen molar-refractivity contribution in [3.8, 4) is 28.4 Å². The molecule has 4 heterocycles. The third-order valence-corrected chi connectivity index (χ3v) is 4.17. The van der Waals surface area contributed by atoms with Gasteiger partial charge in [0.15, 0.2) is 6.61 Å². The predicted octanol–water partition coefficient (Wildman–Crippen LogP) is 3.68. The number of aromatic amines is 1. The van der Waals surface area contributed by atoms with Crippen molar-refractivity contribution in [2.75, 3.05) is 11.9 Å². The molecule has 8 nitrogen and oxygen atoms in total. The number of hydrogen-bond donors (Lipinski definition) is 2. The van der Waals surface area contributed by atoms with Gasteiger partial charge in [-0.05, 0) is 24.3 Å². The summed E-state index contributed by atoms with van der Waals surface area (Å²) in [5.74, 6) is 0.126. The SMILES string of the molecule is CC(=O)Nc1cc(-c2[nH]c3c(OCC(F)F)ncnc3c2-c2ccccn2)ccn1. The first-order valence-corrected chi connectivity index (χ1v) is 8.96. The van der Waals surface area contributed by atoms with E-state index in [0.717, 1.165) is 0 Å². The highest BCUT2D eigenvalue weighted by molar-refractivity contribution is 6.02. The van der Waals surface area contributed by atoms with Gasteiger partial charge in [0, 0.05) is 24.9 Å². The molecule has 4 rings (SSSR count). The molecule has 10 heteroatoms. The van der Waals surface area contributed by atoms with E-state index < -0.39 is 13.0 Å². The maximum Gasteiger partial charge on any atom is 0.272 e. The van der Waals surface area contributed by atoms with Gasteiger partial charge in [-0.2, -0.15) is 4.98 Å². The molecule has 2 N–H and O–H groups in total. The highest BCUT2D eigenvalue weighted by Gasteiger charge is 2.21. The van der Waals surface area contributed by atoms with E-state index in [1.807, 2.05) is 12.1 Å². The molecule has 0 fully saturated rings. The number of rotatable bonds is 6. The summed E-state index contributed by atoms with van der Waals surface area (Å²) in [6.07, 6.45) is 1.80. The minimum Gasteiger partial charge on any atom is -0.470 e. The topological polar surface area (TPSA) is 106 Å². The van der Waals surface area contributed by atoms with Crippen LogP contribution in [0.15, 0.2) is 49.1 Å². The molecule has 0 atom stereocenters. The van der Waals surface area contributed by atoms with Gasteiger partial charge in [0.25, 0.3) is 6.43 Å². The summed E-state index contributed by atoms with van der Waals surface area (Å²) in [5.41, 5.74) is 3.41. The van der Waals surface area contributed by atoms with E-state index in [1.54, 1.807) is 30.6 Å². The number of pyridine rings is 2. The molecule has 0 bridgehead atoms. The molecule has 0 unspecified atom stereocenters. The Bertz CT molecular complexity index is 1200. The number of fused-ring (bicyclic) bond motifs is 1. The Labute approximate surface area is 169 Å². The van der Waals surface area contributed by atoms with Crippen LogP contribution < -0.4 is 10.1 Å². The summed E-state index contributed by atoms with van der Waals surface area (Å²) < 4.78 is 30.5. The number of amides is 1. The van der Waals surface area contributed by atoms with Gasteiger partial charge in [0.05, 0.1) is 17.0 Å². The second-order valence-corrected chi connectivity index (χ2v) is 6.31. The van der Waals surface area contributed by atoms with E-state index in [1.165, 1.54) is 13.3 Å². The molecular weight excluding hydrogens is 394 g/mol. The number of nitrogens with one attached hydrogen (secondary N) is 2.